The molecule has 0 atom stereocenters. The van der Waals surface area contributed by atoms with Crippen molar-refractivity contribution in [3.8, 4) is 11.4 Å². The van der Waals surface area contributed by atoms with Crippen molar-refractivity contribution in [3.05, 3.63) is 84.6 Å². The van der Waals surface area contributed by atoms with E-state index in [1.165, 1.54) is 17.3 Å². The van der Waals surface area contributed by atoms with Crippen LogP contribution in [-0.2, 0) is 17.8 Å². The van der Waals surface area contributed by atoms with Gasteiger partial charge in [0.2, 0.25) is 5.91 Å². The minimum absolute atomic E-state index is 0.152. The Morgan fingerprint density at radius 3 is 2.62 bits per heavy atom. The Kier molecular flexibility index (Phi) is 7.05. The lowest BCUT2D eigenvalue weighted by Crippen LogP contribution is -2.39. The first kappa shape index (κ1) is 22.4. The fourth-order valence-electron chi connectivity index (χ4n) is 4.36. The number of piperidine rings is 1. The van der Waals surface area contributed by atoms with Crippen LogP contribution in [0.1, 0.15) is 24.2 Å². The van der Waals surface area contributed by atoms with E-state index in [1.807, 2.05) is 33.7 Å². The number of furan rings is 1. The molecule has 1 fully saturated rings. The second kappa shape index (κ2) is 10.7. The summed E-state index contributed by atoms with van der Waals surface area (Å²) in [5.41, 5.74) is 2.25. The summed E-state index contributed by atoms with van der Waals surface area (Å²) in [5, 5.41) is 9.47. The minimum Gasteiger partial charge on any atom is -0.467 e. The number of carbonyl (C=O) groups excluding carboxylic acids is 1. The molecule has 4 heterocycles. The fourth-order valence-corrected chi connectivity index (χ4v) is 5.20. The quantitative estimate of drug-likeness (QED) is 0.349. The molecule has 7 nitrogen and oxygen atoms in total. The van der Waals surface area contributed by atoms with Crippen LogP contribution in [0.4, 0.5) is 0 Å². The molecule has 1 aliphatic rings. The van der Waals surface area contributed by atoms with Crippen LogP contribution < -0.4 is 0 Å². The number of benzene rings is 1. The average molecular weight is 474 g/mol. The number of hydrogen-bond donors (Lipinski definition) is 0. The summed E-state index contributed by atoms with van der Waals surface area (Å²) in [7, 11) is 0. The maximum atomic E-state index is 13.0. The highest BCUT2D eigenvalue weighted by molar-refractivity contribution is 7.99. The molecule has 1 aliphatic heterocycles. The second-order valence-corrected chi connectivity index (χ2v) is 9.46. The van der Waals surface area contributed by atoms with Crippen molar-refractivity contribution in [1.29, 1.82) is 0 Å². The third kappa shape index (κ3) is 5.39. The minimum atomic E-state index is 0.152. The van der Waals surface area contributed by atoms with Gasteiger partial charge >= 0.3 is 0 Å². The van der Waals surface area contributed by atoms with Gasteiger partial charge < -0.3 is 9.32 Å². The van der Waals surface area contributed by atoms with Gasteiger partial charge in [0.05, 0.1) is 18.6 Å². The number of hydrogen-bond acceptors (Lipinski definition) is 6. The third-order valence-electron chi connectivity index (χ3n) is 6.19. The lowest BCUT2D eigenvalue weighted by atomic mass is 9.90. The molecule has 0 spiro atoms. The molecule has 1 amide bonds. The normalized spacial score (nSPS) is 14.4. The second-order valence-electron chi connectivity index (χ2n) is 8.52. The lowest BCUT2D eigenvalue weighted by molar-refractivity contribution is -0.129. The van der Waals surface area contributed by atoms with Crippen molar-refractivity contribution in [3.63, 3.8) is 0 Å². The molecule has 1 aromatic carbocycles. The molecule has 8 heteroatoms. The van der Waals surface area contributed by atoms with Crippen molar-refractivity contribution >= 4 is 17.7 Å². The van der Waals surface area contributed by atoms with E-state index < -0.39 is 0 Å². The van der Waals surface area contributed by atoms with Crippen LogP contribution in [0.2, 0.25) is 0 Å². The van der Waals surface area contributed by atoms with E-state index >= 15 is 0 Å². The highest BCUT2D eigenvalue weighted by Gasteiger charge is 2.24. The standard InChI is InChI=1S/C26H27N5O2S/c32-24(30-13-10-21(11-14-30)16-20-6-2-1-3-7-20)19-34-26-29-28-25(22-8-4-12-27-17-22)31(26)18-23-9-5-15-33-23/h1-9,12,15,17,21H,10-11,13-14,16,18-19H2. The molecule has 0 bridgehead atoms. The number of amides is 1. The van der Waals surface area contributed by atoms with Gasteiger partial charge in [0.1, 0.15) is 5.76 Å². The Morgan fingerprint density at radius 1 is 1.03 bits per heavy atom. The monoisotopic (exact) mass is 473 g/mol. The molecular formula is C26H27N5O2S. The predicted octanol–water partition coefficient (Wildman–Crippen LogP) is 4.55. The maximum absolute atomic E-state index is 13.0. The van der Waals surface area contributed by atoms with Crippen LogP contribution in [0.25, 0.3) is 11.4 Å². The summed E-state index contributed by atoms with van der Waals surface area (Å²) < 4.78 is 7.54. The van der Waals surface area contributed by atoms with Crippen LogP contribution >= 0.6 is 11.8 Å². The summed E-state index contributed by atoms with van der Waals surface area (Å²) in [6, 6.07) is 18.2. The summed E-state index contributed by atoms with van der Waals surface area (Å²) in [6.45, 7) is 2.12. The number of aromatic nitrogens is 4. The van der Waals surface area contributed by atoms with Gasteiger partial charge in [0.25, 0.3) is 0 Å². The summed E-state index contributed by atoms with van der Waals surface area (Å²) in [4.78, 5) is 19.2. The first-order chi connectivity index (χ1) is 16.8. The fraction of sp³-hybridized carbons (Fsp3) is 0.308. The number of likely N-dealkylation sites (tertiary alicyclic amines) is 1. The van der Waals surface area contributed by atoms with Gasteiger partial charge in [-0.25, -0.2) is 0 Å². The first-order valence-electron chi connectivity index (χ1n) is 11.6. The van der Waals surface area contributed by atoms with Gasteiger partial charge in [-0.1, -0.05) is 42.1 Å². The van der Waals surface area contributed by atoms with E-state index in [0.29, 0.717) is 29.2 Å². The van der Waals surface area contributed by atoms with Crippen molar-refractivity contribution in [2.75, 3.05) is 18.8 Å². The van der Waals surface area contributed by atoms with E-state index in [-0.39, 0.29) is 5.91 Å². The molecule has 5 rings (SSSR count). The predicted molar refractivity (Wildman–Crippen MR) is 131 cm³/mol. The molecular weight excluding hydrogens is 446 g/mol. The van der Waals surface area contributed by atoms with Gasteiger partial charge in [0.15, 0.2) is 11.0 Å². The zero-order chi connectivity index (χ0) is 23.2. The average Bonchev–Trinajstić information content (AvgIpc) is 3.55. The van der Waals surface area contributed by atoms with E-state index in [9.17, 15) is 4.79 Å². The van der Waals surface area contributed by atoms with E-state index in [0.717, 1.165) is 43.7 Å². The lowest BCUT2D eigenvalue weighted by Gasteiger charge is -2.32. The SMILES string of the molecule is O=C(CSc1nnc(-c2cccnc2)n1Cc1ccco1)N1CCC(Cc2ccccc2)CC1. The Balaban J connectivity index is 1.21. The molecule has 0 unspecified atom stereocenters. The van der Waals surface area contributed by atoms with Crippen molar-refractivity contribution in [2.45, 2.75) is 31.0 Å². The highest BCUT2D eigenvalue weighted by Crippen LogP contribution is 2.26. The third-order valence-corrected chi connectivity index (χ3v) is 7.14. The number of nitrogens with zero attached hydrogens (tertiary/aromatic N) is 5. The van der Waals surface area contributed by atoms with Gasteiger partial charge in [-0.3, -0.25) is 14.3 Å². The maximum Gasteiger partial charge on any atom is 0.233 e. The first-order valence-corrected chi connectivity index (χ1v) is 12.6. The number of carbonyl (C=O) groups is 1. The highest BCUT2D eigenvalue weighted by atomic mass is 32.2. The van der Waals surface area contributed by atoms with Crippen LogP contribution in [0, 0.1) is 5.92 Å². The van der Waals surface area contributed by atoms with Crippen molar-refractivity contribution in [1.82, 2.24) is 24.6 Å². The Labute approximate surface area is 203 Å². The molecule has 1 saturated heterocycles. The molecule has 34 heavy (non-hydrogen) atoms. The van der Waals surface area contributed by atoms with Crippen LogP contribution in [-0.4, -0.2) is 49.4 Å². The van der Waals surface area contributed by atoms with Crippen molar-refractivity contribution in [2.24, 2.45) is 5.92 Å². The Hall–Kier alpha value is -3.39. The van der Waals surface area contributed by atoms with E-state index in [4.69, 9.17) is 4.42 Å². The molecule has 0 N–H and O–H groups in total. The van der Waals surface area contributed by atoms with Gasteiger partial charge in [-0.05, 0) is 55.0 Å². The summed E-state index contributed by atoms with van der Waals surface area (Å²) >= 11 is 1.43. The Bertz CT molecular complexity index is 1190. The number of pyridine rings is 1. The number of rotatable bonds is 8. The summed E-state index contributed by atoms with van der Waals surface area (Å²) in [6.07, 6.45) is 8.33. The molecule has 0 radical (unpaired) electrons. The largest absolute Gasteiger partial charge is 0.467 e. The topological polar surface area (TPSA) is 77.0 Å². The molecule has 174 valence electrons. The van der Waals surface area contributed by atoms with Crippen LogP contribution in [0.5, 0.6) is 0 Å². The van der Waals surface area contributed by atoms with Gasteiger partial charge in [0, 0.05) is 31.0 Å². The zero-order valence-electron chi connectivity index (χ0n) is 18.9. The van der Waals surface area contributed by atoms with Crippen LogP contribution in [0.15, 0.2) is 82.8 Å². The Morgan fingerprint density at radius 2 is 1.88 bits per heavy atom. The van der Waals surface area contributed by atoms with Crippen molar-refractivity contribution < 1.29 is 9.21 Å². The van der Waals surface area contributed by atoms with E-state index in [1.54, 1.807) is 18.7 Å². The van der Waals surface area contributed by atoms with Gasteiger partial charge in [-0.2, -0.15) is 0 Å². The molecule has 0 saturated carbocycles. The molecule has 3 aromatic heterocycles. The summed E-state index contributed by atoms with van der Waals surface area (Å²) in [5.74, 6) is 2.64. The zero-order valence-corrected chi connectivity index (χ0v) is 19.7. The smallest absolute Gasteiger partial charge is 0.233 e. The molecule has 0 aliphatic carbocycles. The van der Waals surface area contributed by atoms with Gasteiger partial charge in [-0.15, -0.1) is 10.2 Å². The van der Waals surface area contributed by atoms with Crippen LogP contribution in [0.3, 0.4) is 0 Å². The van der Waals surface area contributed by atoms with E-state index in [2.05, 4.69) is 45.5 Å². The number of thioether (sulfide) groups is 1. The molecule has 4 aromatic rings.